The molecule has 0 atom stereocenters. The van der Waals surface area contributed by atoms with Gasteiger partial charge >= 0.3 is 0 Å². The third kappa shape index (κ3) is 5.52. The Bertz CT molecular complexity index is 1030. The molecule has 2 aromatic rings. The number of hydrogen-bond acceptors (Lipinski definition) is 7. The molecule has 1 heterocycles. The molecular weight excluding hydrogens is 375 g/mol. The normalized spacial score (nSPS) is 11.7. The summed E-state index contributed by atoms with van der Waals surface area (Å²) in [5.41, 5.74) is 2.17. The molecule has 8 nitrogen and oxygen atoms in total. The first kappa shape index (κ1) is 21.8. The van der Waals surface area contributed by atoms with Gasteiger partial charge in [0.1, 0.15) is 35.2 Å². The van der Waals surface area contributed by atoms with Crippen molar-refractivity contribution < 1.29 is 14.3 Å². The third-order valence-corrected chi connectivity index (χ3v) is 3.92. The topological polar surface area (TPSA) is 120 Å². The van der Waals surface area contributed by atoms with Gasteiger partial charge in [-0.05, 0) is 44.3 Å². The molecule has 0 saturated carbocycles. The van der Waals surface area contributed by atoms with E-state index in [-0.39, 0.29) is 36.5 Å². The molecule has 152 valence electrons. The highest BCUT2D eigenvalue weighted by molar-refractivity contribution is 5.96. The van der Waals surface area contributed by atoms with Gasteiger partial charge in [0, 0.05) is 18.1 Å². The largest absolute Gasteiger partial charge is 0.393 e. The average molecular weight is 398 g/mol. The minimum atomic E-state index is -0.510. The fraction of sp³-hybridized carbons (Fsp3) is 0.250. The fourth-order valence-electron chi connectivity index (χ4n) is 2.52. The van der Waals surface area contributed by atoms with E-state index >= 15 is 0 Å². The second-order valence-electron chi connectivity index (χ2n) is 6.03. The van der Waals surface area contributed by atoms with E-state index in [1.807, 2.05) is 6.92 Å². The summed E-state index contributed by atoms with van der Waals surface area (Å²) in [6.07, 6.45) is 3.52. The third-order valence-electron chi connectivity index (χ3n) is 3.92. The molecule has 0 aliphatic carbocycles. The number of allylic oxidation sites excluding steroid dienone is 1. The number of oxime groups is 1. The average Bonchev–Trinajstić information content (AvgIpc) is 2.70. The lowest BCUT2D eigenvalue weighted by molar-refractivity contribution is 0.0986. The number of benzene rings is 1. The smallest absolute Gasteiger partial charge is 0.148 e. The molecule has 3 N–H and O–H groups in total. The van der Waals surface area contributed by atoms with Crippen molar-refractivity contribution in [3.8, 4) is 0 Å². The second kappa shape index (κ2) is 10.2. The van der Waals surface area contributed by atoms with Crippen molar-refractivity contribution in [2.24, 2.45) is 10.1 Å². The molecule has 0 fully saturated rings. The Morgan fingerprint density at radius 3 is 2.83 bits per heavy atom. The summed E-state index contributed by atoms with van der Waals surface area (Å²) in [4.78, 5) is 8.74. The zero-order chi connectivity index (χ0) is 21.4. The van der Waals surface area contributed by atoms with Crippen molar-refractivity contribution in [1.82, 2.24) is 9.78 Å². The lowest BCUT2D eigenvalue weighted by Gasteiger charge is -2.11. The molecule has 0 aliphatic heterocycles. The van der Waals surface area contributed by atoms with Crippen LogP contribution in [0.25, 0.3) is 6.08 Å². The number of nitrogens with one attached hydrogen (secondary N) is 2. The maximum atomic E-state index is 14.5. The predicted molar refractivity (Wildman–Crippen MR) is 110 cm³/mol. The summed E-state index contributed by atoms with van der Waals surface area (Å²) in [6, 6.07) is 5.92. The number of rotatable bonds is 8. The zero-order valence-corrected chi connectivity index (χ0v) is 16.3. The predicted octanol–water partition coefficient (Wildman–Crippen LogP) is 2.67. The van der Waals surface area contributed by atoms with Gasteiger partial charge in [0.25, 0.3) is 0 Å². The van der Waals surface area contributed by atoms with Gasteiger partial charge in [0.2, 0.25) is 0 Å². The van der Waals surface area contributed by atoms with Crippen LogP contribution in [0, 0.1) is 16.6 Å². The number of aliphatic hydroxyl groups is 1. The molecular formula is C20H23FN6O2. The standard InChI is InChI=1S/C20H23FN6O2/c1-4-5-14-10-15(16(21)12-18(14)24-3)11-20(23)27-19(22)7-6-17(25-27)13(2)26-29-9-8-28/h4-7,10,12,22-23,28H,3,8-9,11H2,1-2H3/b5-4-,22-19?,23-20?,26-13+. The Kier molecular flexibility index (Phi) is 7.67. The highest BCUT2D eigenvalue weighted by atomic mass is 19.1. The fourth-order valence-corrected chi connectivity index (χ4v) is 2.52. The highest BCUT2D eigenvalue weighted by Crippen LogP contribution is 2.25. The van der Waals surface area contributed by atoms with Gasteiger partial charge in [-0.3, -0.25) is 15.8 Å². The van der Waals surface area contributed by atoms with Crippen LogP contribution in [0.15, 0.2) is 40.5 Å². The highest BCUT2D eigenvalue weighted by Gasteiger charge is 2.13. The summed E-state index contributed by atoms with van der Waals surface area (Å²) in [6.45, 7) is 6.83. The van der Waals surface area contributed by atoms with Crippen LogP contribution in [0.1, 0.15) is 30.7 Å². The van der Waals surface area contributed by atoms with E-state index in [0.29, 0.717) is 22.7 Å². The molecule has 0 unspecified atom stereocenters. The molecule has 0 saturated heterocycles. The van der Waals surface area contributed by atoms with Crippen LogP contribution >= 0.6 is 0 Å². The summed E-state index contributed by atoms with van der Waals surface area (Å²) < 4.78 is 15.6. The Morgan fingerprint density at radius 2 is 2.17 bits per heavy atom. The van der Waals surface area contributed by atoms with E-state index < -0.39 is 5.82 Å². The summed E-state index contributed by atoms with van der Waals surface area (Å²) in [7, 11) is 0. The van der Waals surface area contributed by atoms with Crippen molar-refractivity contribution in [3.63, 3.8) is 0 Å². The number of aliphatic hydroxyl groups excluding tert-OH is 1. The van der Waals surface area contributed by atoms with Crippen molar-refractivity contribution in [2.45, 2.75) is 20.3 Å². The van der Waals surface area contributed by atoms with Crippen molar-refractivity contribution in [1.29, 1.82) is 10.8 Å². The molecule has 1 aromatic carbocycles. The zero-order valence-electron chi connectivity index (χ0n) is 16.3. The van der Waals surface area contributed by atoms with Crippen LogP contribution in [0.4, 0.5) is 10.1 Å². The molecule has 0 spiro atoms. The maximum absolute atomic E-state index is 14.5. The van der Waals surface area contributed by atoms with Gasteiger partial charge < -0.3 is 9.94 Å². The van der Waals surface area contributed by atoms with Gasteiger partial charge in [0.15, 0.2) is 0 Å². The van der Waals surface area contributed by atoms with E-state index in [9.17, 15) is 4.39 Å². The van der Waals surface area contributed by atoms with E-state index in [1.54, 1.807) is 31.2 Å². The van der Waals surface area contributed by atoms with Gasteiger partial charge in [-0.25, -0.2) is 9.07 Å². The van der Waals surface area contributed by atoms with E-state index in [0.717, 1.165) is 4.68 Å². The quantitative estimate of drug-likeness (QED) is 0.274. The number of aliphatic imine (C=N–C) groups is 1. The second-order valence-corrected chi connectivity index (χ2v) is 6.03. The minimum absolute atomic E-state index is 0.0266. The van der Waals surface area contributed by atoms with Gasteiger partial charge in [-0.15, -0.1) is 0 Å². The van der Waals surface area contributed by atoms with Crippen LogP contribution in [0.2, 0.25) is 0 Å². The monoisotopic (exact) mass is 398 g/mol. The van der Waals surface area contributed by atoms with Crippen LogP contribution in [0.3, 0.4) is 0 Å². The van der Waals surface area contributed by atoms with Gasteiger partial charge in [-0.1, -0.05) is 17.3 Å². The van der Waals surface area contributed by atoms with Crippen molar-refractivity contribution in [2.75, 3.05) is 13.2 Å². The van der Waals surface area contributed by atoms with E-state index in [2.05, 4.69) is 22.0 Å². The molecule has 9 heteroatoms. The SMILES string of the molecule is C=Nc1cc(F)c(CC(=N)n2nc(/C(C)=N/OCCO)ccc2=N)cc1/C=C\C. The first-order chi connectivity index (χ1) is 13.9. The molecule has 0 radical (unpaired) electrons. The van der Waals surface area contributed by atoms with E-state index in [1.165, 1.54) is 12.1 Å². The molecule has 0 amide bonds. The first-order valence-corrected chi connectivity index (χ1v) is 8.83. The summed E-state index contributed by atoms with van der Waals surface area (Å²) in [5, 5.41) is 33.2. The van der Waals surface area contributed by atoms with E-state index in [4.69, 9.17) is 20.8 Å². The number of nitrogens with zero attached hydrogens (tertiary/aromatic N) is 4. The Hall–Kier alpha value is -3.46. The lowest BCUT2D eigenvalue weighted by Crippen LogP contribution is -2.31. The van der Waals surface area contributed by atoms with Crippen LogP contribution in [0.5, 0.6) is 0 Å². The first-order valence-electron chi connectivity index (χ1n) is 8.83. The summed E-state index contributed by atoms with van der Waals surface area (Å²) >= 11 is 0. The number of aromatic nitrogens is 2. The number of halogens is 1. The Morgan fingerprint density at radius 1 is 1.41 bits per heavy atom. The minimum Gasteiger partial charge on any atom is -0.393 e. The molecule has 1 aromatic heterocycles. The number of hydrogen-bond donors (Lipinski definition) is 3. The van der Waals surface area contributed by atoms with Gasteiger partial charge in [-0.2, -0.15) is 5.10 Å². The lowest BCUT2D eigenvalue weighted by atomic mass is 10.0. The van der Waals surface area contributed by atoms with Crippen molar-refractivity contribution in [3.05, 3.63) is 58.5 Å². The van der Waals surface area contributed by atoms with Gasteiger partial charge in [0.05, 0.1) is 12.3 Å². The summed E-state index contributed by atoms with van der Waals surface area (Å²) in [5.74, 6) is -0.589. The molecule has 0 aliphatic rings. The molecule has 29 heavy (non-hydrogen) atoms. The molecule has 2 rings (SSSR count). The van der Waals surface area contributed by atoms with Crippen molar-refractivity contribution >= 4 is 30.0 Å². The molecule has 0 bridgehead atoms. The van der Waals surface area contributed by atoms with Crippen LogP contribution < -0.4 is 5.49 Å². The van der Waals surface area contributed by atoms with Crippen LogP contribution in [-0.4, -0.2) is 46.4 Å². The Balaban J connectivity index is 2.35. The van der Waals surface area contributed by atoms with Crippen LogP contribution in [-0.2, 0) is 11.3 Å². The maximum Gasteiger partial charge on any atom is 0.148 e. The Labute approximate surface area is 167 Å².